The number of hydrogen-bond acceptors (Lipinski definition) is 17. The lowest BCUT2D eigenvalue weighted by molar-refractivity contribution is -0.253. The van der Waals surface area contributed by atoms with Crippen molar-refractivity contribution in [3.8, 4) is 0 Å². The molecule has 2 fully saturated rings. The Labute approximate surface area is 291 Å². The topological polar surface area (TPSA) is 332 Å². The second kappa shape index (κ2) is 19.1. The van der Waals surface area contributed by atoms with Crippen LogP contribution in [0.5, 0.6) is 0 Å². The van der Waals surface area contributed by atoms with E-state index in [2.05, 4.69) is 14.2 Å². The average molecular weight is 780 g/mol. The number of aromatic nitrogens is 2. The van der Waals surface area contributed by atoms with Gasteiger partial charge in [-0.25, -0.2) is 13.9 Å². The van der Waals surface area contributed by atoms with E-state index in [4.69, 9.17) is 20.1 Å². The molecular formula is C27H45N3O19P2. The number of nitrogens with zero attached hydrogens (tertiary/aromatic N) is 1. The molecule has 0 bridgehead atoms. The van der Waals surface area contributed by atoms with E-state index < -0.39 is 127 Å². The van der Waals surface area contributed by atoms with Gasteiger partial charge in [0.2, 0.25) is 5.91 Å². The molecule has 12 atom stereocenters. The highest BCUT2D eigenvalue weighted by Crippen LogP contribution is 2.61. The molecule has 3 rings (SSSR count). The number of aromatic amines is 1. The Hall–Kier alpha value is -2.40. The van der Waals surface area contributed by atoms with Gasteiger partial charge in [0.25, 0.3) is 5.56 Å². The standard InChI is InChI=1S/C27H45N3O19P2/c1-3-4-5-6-7-8-15(33)11-19(35)47-24-20(28-14(2)32)26(46-16(12-31)22(24)37)48-51(42,43)49-50(40,41)44-13-17-21(36)23(38)25(45-17)30-10-9-18(34)29-27(30)39/h9-10,15-17,20-26,31,33,36-38H,3-8,11-13H2,1-2H3,(H,28,32)(H,40,41)(H,42,43)(H,29,34,39)/t15-,16-,17-,20-,21-,22-,23-,24-,25-,26-/m1/s1/i2T. The summed E-state index contributed by atoms with van der Waals surface area (Å²) in [5, 5.41) is 53.7. The zero-order valence-corrected chi connectivity index (χ0v) is 29.2. The fraction of sp³-hybridized carbons (Fsp3) is 0.778. The number of carbonyl (C=O) groups excluding carboxylic acids is 2. The molecule has 0 aliphatic carbocycles. The maximum absolute atomic E-state index is 12.9. The van der Waals surface area contributed by atoms with Crippen LogP contribution in [-0.4, -0.2) is 125 Å². The highest BCUT2D eigenvalue weighted by atomic mass is 31.3. The Morgan fingerprint density at radius 2 is 1.76 bits per heavy atom. The molecule has 2 saturated heterocycles. The predicted octanol–water partition coefficient (Wildman–Crippen LogP) is -1.99. The number of carbonyl (C=O) groups is 2. The van der Waals surface area contributed by atoms with Gasteiger partial charge in [0.1, 0.15) is 36.6 Å². The van der Waals surface area contributed by atoms with Crippen LogP contribution in [0, 0.1) is 0 Å². The second-order valence-corrected chi connectivity index (χ2v) is 14.8. The van der Waals surface area contributed by atoms with E-state index in [9.17, 15) is 63.6 Å². The zero-order chi connectivity index (χ0) is 38.8. The summed E-state index contributed by atoms with van der Waals surface area (Å²) in [5.41, 5.74) is -1.80. The van der Waals surface area contributed by atoms with Gasteiger partial charge < -0.3 is 54.8 Å². The molecule has 22 nitrogen and oxygen atoms in total. The summed E-state index contributed by atoms with van der Waals surface area (Å²) in [7, 11) is -11.5. The normalized spacial score (nSPS) is 31.2. The van der Waals surface area contributed by atoms with Crippen LogP contribution in [0.4, 0.5) is 0 Å². The summed E-state index contributed by atoms with van der Waals surface area (Å²) in [5.74, 6) is -2.17. The molecular weight excluding hydrogens is 732 g/mol. The maximum Gasteiger partial charge on any atom is 0.483 e. The molecule has 2 aliphatic heterocycles. The third-order valence-electron chi connectivity index (χ3n) is 7.80. The van der Waals surface area contributed by atoms with Crippen LogP contribution >= 0.6 is 15.6 Å². The van der Waals surface area contributed by atoms with E-state index in [1.54, 1.807) is 0 Å². The summed E-state index contributed by atoms with van der Waals surface area (Å²) in [6.45, 7) is -1.00. The van der Waals surface area contributed by atoms with Gasteiger partial charge in [-0.15, -0.1) is 0 Å². The van der Waals surface area contributed by atoms with Gasteiger partial charge in [-0.3, -0.25) is 33.0 Å². The Morgan fingerprint density at radius 3 is 2.41 bits per heavy atom. The lowest BCUT2D eigenvalue weighted by Crippen LogP contribution is -2.65. The zero-order valence-electron chi connectivity index (χ0n) is 28.4. The molecule has 51 heavy (non-hydrogen) atoms. The molecule has 0 radical (unpaired) electrons. The number of aliphatic hydroxyl groups excluding tert-OH is 5. The van der Waals surface area contributed by atoms with E-state index in [1.165, 1.54) is 0 Å². The number of unbranched alkanes of at least 4 members (excludes halogenated alkanes) is 4. The lowest BCUT2D eigenvalue weighted by Gasteiger charge is -2.43. The molecule has 292 valence electrons. The largest absolute Gasteiger partial charge is 0.483 e. The van der Waals surface area contributed by atoms with Gasteiger partial charge in [-0.05, 0) is 6.42 Å². The summed E-state index contributed by atoms with van der Waals surface area (Å²) in [6, 6.07) is -0.982. The van der Waals surface area contributed by atoms with E-state index in [1.807, 2.05) is 11.9 Å². The van der Waals surface area contributed by atoms with Gasteiger partial charge >= 0.3 is 27.3 Å². The Balaban J connectivity index is 1.69. The van der Waals surface area contributed by atoms with Crippen molar-refractivity contribution in [2.75, 3.05) is 13.2 Å². The molecule has 0 aromatic carbocycles. The number of ether oxygens (including phenoxy) is 3. The first-order valence-corrected chi connectivity index (χ1v) is 18.8. The second-order valence-electron chi connectivity index (χ2n) is 11.8. The van der Waals surface area contributed by atoms with Crippen molar-refractivity contribution in [3.05, 3.63) is 33.1 Å². The van der Waals surface area contributed by atoms with Gasteiger partial charge in [0, 0.05) is 20.5 Å². The van der Waals surface area contributed by atoms with Crippen LogP contribution in [-0.2, 0) is 46.3 Å². The first-order valence-electron chi connectivity index (χ1n) is 16.6. The smallest absolute Gasteiger partial charge is 0.457 e. The molecule has 2 aliphatic rings. The SMILES string of the molecule is [3H]CC(=O)N[C@H]1[C@@H](OP(=O)(O)OP(=O)(O)OC[C@H]2O[C@@H](n3ccc(=O)[nH]c3=O)[C@H](O)[C@@H]2O)O[C@H](CO)[C@@H](O)[C@@H]1OC(=O)C[C@H](O)CCCCCCC. The molecule has 0 saturated carbocycles. The third-order valence-corrected chi connectivity index (χ3v) is 10.4. The van der Waals surface area contributed by atoms with Crippen molar-refractivity contribution >= 4 is 27.5 Å². The van der Waals surface area contributed by atoms with E-state index in [0.29, 0.717) is 11.0 Å². The minimum absolute atomic E-state index is 0.246. The number of H-pyrrole nitrogens is 1. The monoisotopic (exact) mass is 779 g/mol. The third kappa shape index (κ3) is 12.6. The molecule has 2 unspecified atom stereocenters. The fourth-order valence-electron chi connectivity index (χ4n) is 5.31. The molecule has 24 heteroatoms. The van der Waals surface area contributed by atoms with Crippen molar-refractivity contribution in [3.63, 3.8) is 0 Å². The molecule has 1 aromatic heterocycles. The van der Waals surface area contributed by atoms with Crippen LogP contribution in [0.2, 0.25) is 0 Å². The number of phosphoric acid groups is 2. The molecule has 1 amide bonds. The van der Waals surface area contributed by atoms with Gasteiger partial charge in [0.15, 0.2) is 18.6 Å². The molecule has 1 aromatic rings. The minimum atomic E-state index is -5.83. The van der Waals surface area contributed by atoms with Crippen molar-refractivity contribution in [1.29, 1.82) is 0 Å². The first-order chi connectivity index (χ1) is 24.4. The quantitative estimate of drug-likeness (QED) is 0.0417. The number of phosphoric ester groups is 2. The highest BCUT2D eigenvalue weighted by Gasteiger charge is 2.52. The average Bonchev–Trinajstić information content (AvgIpc) is 3.34. The van der Waals surface area contributed by atoms with Crippen molar-refractivity contribution in [2.24, 2.45) is 0 Å². The van der Waals surface area contributed by atoms with Crippen LogP contribution in [0.15, 0.2) is 21.9 Å². The molecule has 3 heterocycles. The van der Waals surface area contributed by atoms with Crippen LogP contribution in [0.25, 0.3) is 0 Å². The number of nitrogens with one attached hydrogen (secondary N) is 2. The summed E-state index contributed by atoms with van der Waals surface area (Å²) < 4.78 is 63.3. The van der Waals surface area contributed by atoms with Gasteiger partial charge in [-0.1, -0.05) is 39.0 Å². The van der Waals surface area contributed by atoms with Crippen LogP contribution in [0.1, 0.15) is 66.4 Å². The number of rotatable bonds is 19. The lowest BCUT2D eigenvalue weighted by atomic mass is 9.96. The predicted molar refractivity (Wildman–Crippen MR) is 168 cm³/mol. The van der Waals surface area contributed by atoms with Crippen molar-refractivity contribution in [1.82, 2.24) is 14.9 Å². The van der Waals surface area contributed by atoms with Crippen molar-refractivity contribution in [2.45, 2.75) is 120 Å². The summed E-state index contributed by atoms with van der Waals surface area (Å²) >= 11 is 0. The number of aliphatic hydroxyl groups is 5. The number of hydrogen-bond donors (Lipinski definition) is 9. The van der Waals surface area contributed by atoms with E-state index in [0.717, 1.165) is 37.9 Å². The molecule has 9 N–H and O–H groups in total. The number of amides is 1. The van der Waals surface area contributed by atoms with Gasteiger partial charge in [0.05, 0.1) is 25.7 Å². The summed E-state index contributed by atoms with van der Waals surface area (Å²) in [6.07, 6.45) is -10.8. The summed E-state index contributed by atoms with van der Waals surface area (Å²) in [4.78, 5) is 70.9. The fourth-order valence-corrected chi connectivity index (χ4v) is 7.48. The molecule has 0 spiro atoms. The van der Waals surface area contributed by atoms with E-state index >= 15 is 0 Å². The van der Waals surface area contributed by atoms with E-state index in [-0.39, 0.29) is 6.42 Å². The Kier molecular flexibility index (Phi) is 15.5. The van der Waals surface area contributed by atoms with Crippen LogP contribution < -0.4 is 16.6 Å². The van der Waals surface area contributed by atoms with Crippen LogP contribution in [0.3, 0.4) is 0 Å². The van der Waals surface area contributed by atoms with Crippen molar-refractivity contribution < 1.29 is 83.0 Å². The Bertz CT molecular complexity index is 1550. The minimum Gasteiger partial charge on any atom is -0.457 e. The highest BCUT2D eigenvalue weighted by molar-refractivity contribution is 7.61. The van der Waals surface area contributed by atoms with Gasteiger partial charge in [-0.2, -0.15) is 4.31 Å². The maximum atomic E-state index is 12.9. The Morgan fingerprint density at radius 1 is 1.06 bits per heavy atom. The number of esters is 1. The first kappa shape index (κ1) is 41.4.